The number of carbonyl (C=O) groups excluding carboxylic acids is 1. The standard InChI is InChI=1S/C20H28IN5O3/c1-13(25(11-5-10-22)19(28)29-20(2,3)4)14-6-8-15(9-7-14)26-12-16(21)17(23)24-18(26)27/h6-9,12-13H,5,10-11,22H2,1-4H3,(H2,23,24,27)/t13-/m0/s1. The molecular weight excluding hydrogens is 485 g/mol. The van der Waals surface area contributed by atoms with Crippen LogP contribution >= 0.6 is 22.6 Å². The van der Waals surface area contributed by atoms with E-state index in [0.717, 1.165) is 5.56 Å². The molecule has 0 aliphatic heterocycles. The first-order valence-corrected chi connectivity index (χ1v) is 10.5. The summed E-state index contributed by atoms with van der Waals surface area (Å²) >= 11 is 2.03. The first-order chi connectivity index (χ1) is 13.5. The van der Waals surface area contributed by atoms with Crippen LogP contribution in [0, 0.1) is 3.57 Å². The second kappa shape index (κ2) is 9.57. The largest absolute Gasteiger partial charge is 0.444 e. The lowest BCUT2D eigenvalue weighted by Crippen LogP contribution is -2.39. The lowest BCUT2D eigenvalue weighted by Gasteiger charge is -2.32. The van der Waals surface area contributed by atoms with Crippen molar-refractivity contribution in [3.63, 3.8) is 0 Å². The zero-order valence-electron chi connectivity index (χ0n) is 17.2. The van der Waals surface area contributed by atoms with E-state index in [-0.39, 0.29) is 18.0 Å². The van der Waals surface area contributed by atoms with Gasteiger partial charge in [-0.1, -0.05) is 12.1 Å². The summed E-state index contributed by atoms with van der Waals surface area (Å²) in [5.41, 5.74) is 11.9. The second-order valence-electron chi connectivity index (χ2n) is 7.71. The summed E-state index contributed by atoms with van der Waals surface area (Å²) < 4.78 is 7.68. The van der Waals surface area contributed by atoms with Gasteiger partial charge >= 0.3 is 11.8 Å². The Hall–Kier alpha value is -2.14. The fraction of sp³-hybridized carbons (Fsp3) is 0.450. The minimum atomic E-state index is -0.581. The van der Waals surface area contributed by atoms with Gasteiger partial charge in [0.2, 0.25) is 0 Å². The van der Waals surface area contributed by atoms with Gasteiger partial charge in [0.25, 0.3) is 0 Å². The van der Waals surface area contributed by atoms with Crippen LogP contribution in [0.1, 0.15) is 45.7 Å². The van der Waals surface area contributed by atoms with E-state index >= 15 is 0 Å². The Balaban J connectivity index is 2.29. The molecule has 8 nitrogen and oxygen atoms in total. The Morgan fingerprint density at radius 2 is 1.93 bits per heavy atom. The summed E-state index contributed by atoms with van der Waals surface area (Å²) in [7, 11) is 0. The summed E-state index contributed by atoms with van der Waals surface area (Å²) in [6, 6.07) is 7.19. The molecule has 0 radical (unpaired) electrons. The molecule has 0 fully saturated rings. The maximum atomic E-state index is 12.7. The number of nitrogen functional groups attached to an aromatic ring is 1. The highest BCUT2D eigenvalue weighted by Crippen LogP contribution is 2.24. The number of hydrogen-bond donors (Lipinski definition) is 2. The average molecular weight is 513 g/mol. The van der Waals surface area contributed by atoms with Crippen molar-refractivity contribution in [2.75, 3.05) is 18.8 Å². The van der Waals surface area contributed by atoms with Gasteiger partial charge in [0.1, 0.15) is 11.4 Å². The van der Waals surface area contributed by atoms with E-state index in [9.17, 15) is 9.59 Å². The van der Waals surface area contributed by atoms with Crippen molar-refractivity contribution >= 4 is 34.5 Å². The molecule has 0 bridgehead atoms. The highest BCUT2D eigenvalue weighted by atomic mass is 127. The van der Waals surface area contributed by atoms with Crippen molar-refractivity contribution < 1.29 is 9.53 Å². The van der Waals surface area contributed by atoms with Crippen LogP contribution in [0.5, 0.6) is 0 Å². The number of nitrogens with zero attached hydrogens (tertiary/aromatic N) is 3. The first-order valence-electron chi connectivity index (χ1n) is 9.38. The summed E-state index contributed by atoms with van der Waals surface area (Å²) in [6.07, 6.45) is 1.95. The molecule has 0 aliphatic rings. The maximum absolute atomic E-state index is 12.7. The lowest BCUT2D eigenvalue weighted by molar-refractivity contribution is 0.0172. The number of anilines is 1. The van der Waals surface area contributed by atoms with Gasteiger partial charge in [-0.05, 0) is 80.9 Å². The van der Waals surface area contributed by atoms with Gasteiger partial charge in [0, 0.05) is 12.7 Å². The van der Waals surface area contributed by atoms with Crippen molar-refractivity contribution in [3.8, 4) is 5.69 Å². The van der Waals surface area contributed by atoms with E-state index in [0.29, 0.717) is 28.8 Å². The number of aromatic nitrogens is 2. The highest BCUT2D eigenvalue weighted by molar-refractivity contribution is 14.1. The Morgan fingerprint density at radius 3 is 2.48 bits per heavy atom. The number of hydrogen-bond acceptors (Lipinski definition) is 6. The molecule has 9 heteroatoms. The Bertz CT molecular complexity index is 906. The van der Waals surface area contributed by atoms with Crippen molar-refractivity contribution in [1.29, 1.82) is 0 Å². The molecule has 158 valence electrons. The van der Waals surface area contributed by atoms with Crippen molar-refractivity contribution in [2.45, 2.75) is 45.8 Å². The minimum Gasteiger partial charge on any atom is -0.444 e. The van der Waals surface area contributed by atoms with Crippen molar-refractivity contribution in [1.82, 2.24) is 14.5 Å². The molecule has 2 rings (SSSR count). The monoisotopic (exact) mass is 513 g/mol. The summed E-state index contributed by atoms with van der Waals surface area (Å²) in [5.74, 6) is 0.213. The molecular formula is C20H28IN5O3. The fourth-order valence-corrected chi connectivity index (χ4v) is 3.15. The van der Waals surface area contributed by atoms with Gasteiger partial charge in [-0.25, -0.2) is 9.59 Å². The molecule has 0 unspecified atom stereocenters. The van der Waals surface area contributed by atoms with Crippen LogP contribution in [-0.2, 0) is 4.74 Å². The van der Waals surface area contributed by atoms with Gasteiger partial charge in [0.05, 0.1) is 15.3 Å². The summed E-state index contributed by atoms with van der Waals surface area (Å²) in [6.45, 7) is 8.43. The number of carbonyl (C=O) groups is 1. The quantitative estimate of drug-likeness (QED) is 0.574. The summed E-state index contributed by atoms with van der Waals surface area (Å²) in [5, 5.41) is 0. The van der Waals surface area contributed by atoms with Crippen LogP contribution in [0.3, 0.4) is 0 Å². The summed E-state index contributed by atoms with van der Waals surface area (Å²) in [4.78, 5) is 30.3. The Kier molecular flexibility index (Phi) is 7.64. The smallest absolute Gasteiger partial charge is 0.410 e. The molecule has 1 heterocycles. The number of benzene rings is 1. The SMILES string of the molecule is C[C@@H](c1ccc(-n2cc(I)c(N)nc2=O)cc1)N(CCCN)C(=O)OC(C)(C)C. The predicted octanol–water partition coefficient (Wildman–Crippen LogP) is 3.07. The van der Waals surface area contributed by atoms with E-state index in [4.69, 9.17) is 16.2 Å². The van der Waals surface area contributed by atoms with E-state index < -0.39 is 11.3 Å². The molecule has 1 aromatic heterocycles. The van der Waals surface area contributed by atoms with E-state index in [1.54, 1.807) is 11.1 Å². The molecule has 1 atom stereocenters. The molecule has 0 saturated carbocycles. The van der Waals surface area contributed by atoms with Crippen LogP contribution < -0.4 is 17.2 Å². The number of amides is 1. The normalized spacial score (nSPS) is 12.5. The number of halogens is 1. The van der Waals surface area contributed by atoms with E-state index in [2.05, 4.69) is 4.98 Å². The third-order valence-corrected chi connectivity index (χ3v) is 5.09. The Labute approximate surface area is 184 Å². The van der Waals surface area contributed by atoms with E-state index in [1.165, 1.54) is 4.57 Å². The first kappa shape index (κ1) is 23.1. The number of ether oxygens (including phenoxy) is 1. The molecule has 29 heavy (non-hydrogen) atoms. The van der Waals surface area contributed by atoms with Crippen LogP contribution in [0.25, 0.3) is 5.69 Å². The fourth-order valence-electron chi connectivity index (χ4n) is 2.75. The maximum Gasteiger partial charge on any atom is 0.410 e. The molecule has 2 aromatic rings. The molecule has 0 spiro atoms. The van der Waals surface area contributed by atoms with Crippen molar-refractivity contribution in [3.05, 3.63) is 50.1 Å². The van der Waals surface area contributed by atoms with Gasteiger partial charge < -0.3 is 21.1 Å². The van der Waals surface area contributed by atoms with Crippen LogP contribution in [0.4, 0.5) is 10.6 Å². The number of rotatable bonds is 6. The molecule has 1 amide bonds. The number of nitrogens with two attached hydrogens (primary N) is 2. The third-order valence-electron chi connectivity index (χ3n) is 4.26. The van der Waals surface area contributed by atoms with E-state index in [1.807, 2.05) is 74.6 Å². The molecule has 0 aliphatic carbocycles. The predicted molar refractivity (Wildman–Crippen MR) is 122 cm³/mol. The topological polar surface area (TPSA) is 116 Å². The third kappa shape index (κ3) is 6.17. The zero-order valence-corrected chi connectivity index (χ0v) is 19.3. The van der Waals surface area contributed by atoms with Gasteiger partial charge in [-0.2, -0.15) is 4.98 Å². The van der Waals surface area contributed by atoms with Gasteiger partial charge in [-0.3, -0.25) is 4.57 Å². The Morgan fingerprint density at radius 1 is 1.31 bits per heavy atom. The van der Waals surface area contributed by atoms with Gasteiger partial charge in [0.15, 0.2) is 0 Å². The van der Waals surface area contributed by atoms with Crippen LogP contribution in [0.2, 0.25) is 0 Å². The highest BCUT2D eigenvalue weighted by Gasteiger charge is 2.26. The van der Waals surface area contributed by atoms with Crippen LogP contribution in [0.15, 0.2) is 35.3 Å². The second-order valence-corrected chi connectivity index (χ2v) is 8.87. The lowest BCUT2D eigenvalue weighted by atomic mass is 10.1. The average Bonchev–Trinajstić information content (AvgIpc) is 2.63. The zero-order chi connectivity index (χ0) is 21.8. The molecule has 1 aromatic carbocycles. The minimum absolute atomic E-state index is 0.213. The van der Waals surface area contributed by atoms with Crippen molar-refractivity contribution in [2.24, 2.45) is 5.73 Å². The molecule has 4 N–H and O–H groups in total. The van der Waals surface area contributed by atoms with Crippen LogP contribution in [-0.4, -0.2) is 39.2 Å². The molecule has 0 saturated heterocycles. The van der Waals surface area contributed by atoms with Gasteiger partial charge in [-0.15, -0.1) is 0 Å².